The van der Waals surface area contributed by atoms with Crippen molar-refractivity contribution in [3.63, 3.8) is 0 Å². The summed E-state index contributed by atoms with van der Waals surface area (Å²) in [7, 11) is -4.59. The van der Waals surface area contributed by atoms with Gasteiger partial charge < -0.3 is 10.2 Å². The van der Waals surface area contributed by atoms with Crippen LogP contribution in [0.25, 0.3) is 0 Å². The molecule has 0 saturated heterocycles. The molecule has 1 atom stereocenters. The number of nitrogens with one attached hydrogen (secondary N) is 1. The molecule has 0 aliphatic rings. The second-order valence-corrected chi connectivity index (χ2v) is 14.2. The van der Waals surface area contributed by atoms with E-state index in [1.54, 1.807) is 42.5 Å². The SMILES string of the molecule is CCCCNC(=O)[C@H](Cc1ccccc1)N(Cc1ccc(Br)cc1)C(=O)CN(c1ccc(Cl)c(C(F)(F)F)c1)S(=O)(=O)c1ccccc1. The molecule has 0 bridgehead atoms. The number of hydrogen-bond donors (Lipinski definition) is 1. The summed E-state index contributed by atoms with van der Waals surface area (Å²) >= 11 is 9.26. The van der Waals surface area contributed by atoms with Crippen LogP contribution in [0, 0.1) is 0 Å². The molecule has 13 heteroatoms. The van der Waals surface area contributed by atoms with Gasteiger partial charge >= 0.3 is 6.18 Å². The van der Waals surface area contributed by atoms with E-state index < -0.39 is 56.9 Å². The van der Waals surface area contributed by atoms with Crippen LogP contribution in [0.1, 0.15) is 36.5 Å². The van der Waals surface area contributed by atoms with Crippen molar-refractivity contribution >= 4 is 55.1 Å². The Kier molecular flexibility index (Phi) is 12.7. The second kappa shape index (κ2) is 16.5. The van der Waals surface area contributed by atoms with Crippen molar-refractivity contribution in [2.45, 2.75) is 49.8 Å². The van der Waals surface area contributed by atoms with Gasteiger partial charge in [0.05, 0.1) is 21.2 Å². The molecule has 7 nitrogen and oxygen atoms in total. The molecule has 0 spiro atoms. The van der Waals surface area contributed by atoms with Crippen LogP contribution < -0.4 is 9.62 Å². The summed E-state index contributed by atoms with van der Waals surface area (Å²) in [5.41, 5.74) is -0.275. The number of sulfonamides is 1. The monoisotopic (exact) mass is 763 g/mol. The first-order chi connectivity index (χ1) is 22.8. The lowest BCUT2D eigenvalue weighted by molar-refractivity contribution is -0.140. The highest BCUT2D eigenvalue weighted by Gasteiger charge is 2.37. The second-order valence-electron chi connectivity index (χ2n) is 11.0. The van der Waals surface area contributed by atoms with Crippen molar-refractivity contribution in [3.05, 3.63) is 129 Å². The van der Waals surface area contributed by atoms with Gasteiger partial charge in [-0.1, -0.05) is 102 Å². The van der Waals surface area contributed by atoms with Crippen LogP contribution in [0.3, 0.4) is 0 Å². The fourth-order valence-corrected chi connectivity index (χ4v) is 6.90. The van der Waals surface area contributed by atoms with Crippen LogP contribution in [0.5, 0.6) is 0 Å². The number of carbonyl (C=O) groups excluding carboxylic acids is 2. The molecular formula is C35H34BrClF3N3O4S. The normalized spacial score (nSPS) is 12.3. The van der Waals surface area contributed by atoms with Crippen LogP contribution in [-0.2, 0) is 38.8 Å². The van der Waals surface area contributed by atoms with Crippen molar-refractivity contribution < 1.29 is 31.2 Å². The van der Waals surface area contributed by atoms with Gasteiger partial charge in [-0.05, 0) is 60.0 Å². The van der Waals surface area contributed by atoms with E-state index in [1.165, 1.54) is 29.2 Å². The van der Waals surface area contributed by atoms with E-state index in [4.69, 9.17) is 11.6 Å². The maximum atomic E-state index is 14.5. The van der Waals surface area contributed by atoms with Gasteiger partial charge in [0.15, 0.2) is 0 Å². The maximum Gasteiger partial charge on any atom is 0.417 e. The van der Waals surface area contributed by atoms with Gasteiger partial charge in [-0.2, -0.15) is 13.2 Å². The number of halogens is 5. The first-order valence-electron chi connectivity index (χ1n) is 15.1. The Bertz CT molecular complexity index is 1800. The van der Waals surface area contributed by atoms with E-state index in [9.17, 15) is 31.2 Å². The summed E-state index contributed by atoms with van der Waals surface area (Å²) in [6.45, 7) is 1.35. The van der Waals surface area contributed by atoms with Crippen molar-refractivity contribution in [2.75, 3.05) is 17.4 Å². The summed E-state index contributed by atoms with van der Waals surface area (Å²) in [5.74, 6) is -1.24. The van der Waals surface area contributed by atoms with Crippen LogP contribution in [-0.4, -0.2) is 44.3 Å². The molecule has 0 aliphatic carbocycles. The molecule has 254 valence electrons. The molecule has 4 aromatic carbocycles. The number of anilines is 1. The van der Waals surface area contributed by atoms with Crippen molar-refractivity contribution in [3.8, 4) is 0 Å². The zero-order valence-corrected chi connectivity index (χ0v) is 29.1. The molecule has 0 aromatic heterocycles. The molecule has 0 unspecified atom stereocenters. The van der Waals surface area contributed by atoms with E-state index in [0.717, 1.165) is 28.6 Å². The minimum absolute atomic E-state index is 0.0849. The smallest absolute Gasteiger partial charge is 0.354 e. The standard InChI is InChI=1S/C35H34BrClF3N3O4S/c1-2-3-20-41-34(45)32(21-25-10-6-4-7-11-25)42(23-26-14-16-27(36)17-15-26)33(44)24-43(48(46,47)29-12-8-5-9-13-29)28-18-19-31(37)30(22-28)35(38,39)40/h4-19,22,32H,2-3,20-21,23-24H2,1H3,(H,41,45)/t32-/m0/s1. The predicted molar refractivity (Wildman–Crippen MR) is 184 cm³/mol. The third-order valence-corrected chi connectivity index (χ3v) is 10.2. The molecular weight excluding hydrogens is 731 g/mol. The summed E-state index contributed by atoms with van der Waals surface area (Å²) < 4.78 is 71.3. The molecule has 0 aliphatic heterocycles. The van der Waals surface area contributed by atoms with Gasteiger partial charge in [0.25, 0.3) is 10.0 Å². The van der Waals surface area contributed by atoms with Crippen LogP contribution >= 0.6 is 27.5 Å². The molecule has 4 aromatic rings. The van der Waals surface area contributed by atoms with Gasteiger partial charge in [0.2, 0.25) is 11.8 Å². The summed E-state index contributed by atoms with van der Waals surface area (Å²) in [5, 5.41) is 2.27. The van der Waals surface area contributed by atoms with E-state index in [-0.39, 0.29) is 17.9 Å². The highest BCUT2D eigenvalue weighted by Crippen LogP contribution is 2.38. The van der Waals surface area contributed by atoms with Crippen LogP contribution in [0.4, 0.5) is 18.9 Å². The van der Waals surface area contributed by atoms with Crippen molar-refractivity contribution in [1.82, 2.24) is 10.2 Å². The van der Waals surface area contributed by atoms with E-state index in [1.807, 2.05) is 25.1 Å². The fourth-order valence-electron chi connectivity index (χ4n) is 4.98. The Morgan fingerprint density at radius 3 is 2.12 bits per heavy atom. The number of hydrogen-bond acceptors (Lipinski definition) is 4. The molecule has 48 heavy (non-hydrogen) atoms. The van der Waals surface area contributed by atoms with E-state index >= 15 is 0 Å². The van der Waals surface area contributed by atoms with E-state index in [2.05, 4.69) is 21.2 Å². The summed E-state index contributed by atoms with van der Waals surface area (Å²) in [6.07, 6.45) is -3.28. The Balaban J connectivity index is 1.84. The molecule has 0 heterocycles. The Hall–Kier alpha value is -3.87. The quantitative estimate of drug-likeness (QED) is 0.133. The predicted octanol–water partition coefficient (Wildman–Crippen LogP) is 7.87. The van der Waals surface area contributed by atoms with Crippen LogP contribution in [0.2, 0.25) is 5.02 Å². The number of carbonyl (C=O) groups is 2. The van der Waals surface area contributed by atoms with Gasteiger partial charge in [-0.25, -0.2) is 8.42 Å². The highest BCUT2D eigenvalue weighted by atomic mass is 79.9. The van der Waals surface area contributed by atoms with Crippen molar-refractivity contribution in [1.29, 1.82) is 0 Å². The molecule has 0 fully saturated rings. The molecule has 2 amide bonds. The third kappa shape index (κ3) is 9.61. The lowest BCUT2D eigenvalue weighted by Gasteiger charge is -2.34. The minimum atomic E-state index is -4.90. The average Bonchev–Trinajstić information content (AvgIpc) is 3.06. The van der Waals surface area contributed by atoms with Gasteiger partial charge in [0.1, 0.15) is 12.6 Å². The largest absolute Gasteiger partial charge is 0.417 e. The topological polar surface area (TPSA) is 86.8 Å². The average molecular weight is 765 g/mol. The molecule has 0 radical (unpaired) electrons. The maximum absolute atomic E-state index is 14.5. The van der Waals surface area contributed by atoms with Gasteiger partial charge in [0, 0.05) is 24.0 Å². The Morgan fingerprint density at radius 1 is 0.896 bits per heavy atom. The Morgan fingerprint density at radius 2 is 1.52 bits per heavy atom. The van der Waals surface area contributed by atoms with E-state index in [0.29, 0.717) is 28.9 Å². The first kappa shape index (κ1) is 37.0. The number of amides is 2. The summed E-state index contributed by atoms with van der Waals surface area (Å²) in [6, 6.07) is 24.8. The van der Waals surface area contributed by atoms with Crippen LogP contribution in [0.15, 0.2) is 112 Å². The molecule has 0 saturated carbocycles. The number of rotatable bonds is 14. The zero-order valence-electron chi connectivity index (χ0n) is 26.0. The molecule has 1 N–H and O–H groups in total. The lowest BCUT2D eigenvalue weighted by Crippen LogP contribution is -2.53. The minimum Gasteiger partial charge on any atom is -0.354 e. The first-order valence-corrected chi connectivity index (χ1v) is 17.7. The number of nitrogens with zero attached hydrogens (tertiary/aromatic N) is 2. The third-order valence-electron chi connectivity index (χ3n) is 7.52. The van der Waals surface area contributed by atoms with Crippen molar-refractivity contribution in [2.24, 2.45) is 0 Å². The summed E-state index contributed by atoms with van der Waals surface area (Å²) in [4.78, 5) is 29.3. The molecule has 4 rings (SSSR count). The Labute approximate surface area is 291 Å². The zero-order chi connectivity index (χ0) is 34.9. The highest BCUT2D eigenvalue weighted by molar-refractivity contribution is 9.10. The number of unbranched alkanes of at least 4 members (excludes halogenated alkanes) is 1. The number of benzene rings is 4. The fraction of sp³-hybridized carbons (Fsp3) is 0.257. The van der Waals surface area contributed by atoms with Gasteiger partial charge in [-0.15, -0.1) is 0 Å². The lowest BCUT2D eigenvalue weighted by atomic mass is 10.0. The number of alkyl halides is 3. The van der Waals surface area contributed by atoms with Gasteiger partial charge in [-0.3, -0.25) is 13.9 Å².